The van der Waals surface area contributed by atoms with Crippen LogP contribution in [0.25, 0.3) is 0 Å². The second-order valence-corrected chi connectivity index (χ2v) is 5.41. The number of aromatic nitrogens is 4. The zero-order valence-corrected chi connectivity index (χ0v) is 11.3. The lowest BCUT2D eigenvalue weighted by Crippen LogP contribution is -2.23. The molecule has 0 aliphatic heterocycles. The average Bonchev–Trinajstić information content (AvgIpc) is 2.97. The van der Waals surface area contributed by atoms with Gasteiger partial charge in [0, 0.05) is 19.5 Å². The van der Waals surface area contributed by atoms with Gasteiger partial charge in [-0.25, -0.2) is 4.68 Å². The van der Waals surface area contributed by atoms with Crippen LogP contribution in [0.1, 0.15) is 19.3 Å². The lowest BCUT2D eigenvalue weighted by molar-refractivity contribution is -0.113. The number of rotatable bonds is 6. The second kappa shape index (κ2) is 6.46. The van der Waals surface area contributed by atoms with Gasteiger partial charge in [0.25, 0.3) is 0 Å². The Hall–Kier alpha value is -0.700. The molecular weight excluding hydrogens is 256 g/mol. The van der Waals surface area contributed by atoms with Crippen molar-refractivity contribution in [1.82, 2.24) is 20.2 Å². The van der Waals surface area contributed by atoms with E-state index in [0.717, 1.165) is 19.3 Å². The first-order valence-corrected chi connectivity index (χ1v) is 6.79. The highest BCUT2D eigenvalue weighted by Gasteiger charge is 2.28. The van der Waals surface area contributed by atoms with Crippen molar-refractivity contribution in [3.63, 3.8) is 0 Å². The highest BCUT2D eigenvalue weighted by Crippen LogP contribution is 2.33. The minimum Gasteiger partial charge on any atom is -0.392 e. The molecule has 8 heteroatoms. The highest BCUT2D eigenvalue weighted by molar-refractivity contribution is 7.99. The van der Waals surface area contributed by atoms with Gasteiger partial charge in [0.2, 0.25) is 5.16 Å². The van der Waals surface area contributed by atoms with Crippen molar-refractivity contribution in [1.29, 1.82) is 0 Å². The molecule has 2 atom stereocenters. The molecule has 18 heavy (non-hydrogen) atoms. The summed E-state index contributed by atoms with van der Waals surface area (Å²) in [7, 11) is 3.15. The molecule has 0 amide bonds. The van der Waals surface area contributed by atoms with Crippen LogP contribution in [0, 0.1) is 0 Å². The molecular formula is C10H18N4O3S. The van der Waals surface area contributed by atoms with E-state index in [1.54, 1.807) is 18.9 Å². The van der Waals surface area contributed by atoms with E-state index in [1.165, 1.54) is 11.8 Å². The fourth-order valence-electron chi connectivity index (χ4n) is 1.96. The van der Waals surface area contributed by atoms with Gasteiger partial charge >= 0.3 is 0 Å². The van der Waals surface area contributed by atoms with E-state index in [0.29, 0.717) is 11.7 Å². The van der Waals surface area contributed by atoms with Crippen LogP contribution in [0.2, 0.25) is 0 Å². The maximum absolute atomic E-state index is 9.80. The van der Waals surface area contributed by atoms with Crippen LogP contribution in [-0.2, 0) is 16.0 Å². The highest BCUT2D eigenvalue weighted by atomic mass is 32.2. The van der Waals surface area contributed by atoms with Crippen molar-refractivity contribution in [2.45, 2.75) is 48.6 Å². The van der Waals surface area contributed by atoms with Crippen LogP contribution in [0.3, 0.4) is 0 Å². The zero-order chi connectivity index (χ0) is 13.0. The van der Waals surface area contributed by atoms with Crippen molar-refractivity contribution < 1.29 is 14.6 Å². The largest absolute Gasteiger partial charge is 0.392 e. The average molecular weight is 274 g/mol. The minimum absolute atomic E-state index is 0.179. The van der Waals surface area contributed by atoms with E-state index in [1.807, 2.05) is 0 Å². The standard InChI is InChI=1S/C10H18N4O3S/c1-16-9(17-2)6-14-10(11-12-13-14)18-8-5-3-4-7(8)15/h7-9,15H,3-6H2,1-2H3. The second-order valence-electron chi connectivity index (χ2n) is 4.20. The molecule has 1 aromatic rings. The maximum atomic E-state index is 9.80. The van der Waals surface area contributed by atoms with Crippen LogP contribution in [0.4, 0.5) is 0 Å². The summed E-state index contributed by atoms with van der Waals surface area (Å²) < 4.78 is 11.9. The molecule has 1 aliphatic carbocycles. The minimum atomic E-state index is -0.374. The van der Waals surface area contributed by atoms with Crippen LogP contribution in [-0.4, -0.2) is 57.2 Å². The Labute approximate surface area is 110 Å². The number of aliphatic hydroxyl groups excluding tert-OH is 1. The van der Waals surface area contributed by atoms with Gasteiger partial charge in [0.15, 0.2) is 6.29 Å². The normalized spacial score (nSPS) is 24.0. The molecule has 1 aromatic heterocycles. The predicted octanol–water partition coefficient (Wildman–Crippen LogP) is 0.297. The molecule has 0 saturated heterocycles. The van der Waals surface area contributed by atoms with Gasteiger partial charge in [-0.3, -0.25) is 0 Å². The first kappa shape index (κ1) is 13.7. The zero-order valence-electron chi connectivity index (χ0n) is 10.5. The number of methoxy groups -OCH3 is 2. The lowest BCUT2D eigenvalue weighted by atomic mass is 10.3. The molecule has 1 aliphatic rings. The van der Waals surface area contributed by atoms with Crippen LogP contribution in [0.5, 0.6) is 0 Å². The Morgan fingerprint density at radius 3 is 2.83 bits per heavy atom. The molecule has 2 rings (SSSR count). The Bertz CT molecular complexity index is 372. The van der Waals surface area contributed by atoms with Crippen LogP contribution >= 0.6 is 11.8 Å². The number of tetrazole rings is 1. The molecule has 1 fully saturated rings. The van der Waals surface area contributed by atoms with E-state index in [9.17, 15) is 5.11 Å². The van der Waals surface area contributed by atoms with Gasteiger partial charge in [0.1, 0.15) is 0 Å². The number of nitrogens with zero attached hydrogens (tertiary/aromatic N) is 4. The summed E-state index contributed by atoms with van der Waals surface area (Å²) >= 11 is 1.52. The van der Waals surface area contributed by atoms with Gasteiger partial charge in [-0.05, 0) is 29.7 Å². The van der Waals surface area contributed by atoms with E-state index < -0.39 is 0 Å². The first-order valence-electron chi connectivity index (χ1n) is 5.91. The number of hydrogen-bond donors (Lipinski definition) is 1. The summed E-state index contributed by atoms with van der Waals surface area (Å²) in [5.74, 6) is 0. The van der Waals surface area contributed by atoms with Gasteiger partial charge in [-0.2, -0.15) is 0 Å². The van der Waals surface area contributed by atoms with Crippen molar-refractivity contribution in [2.75, 3.05) is 14.2 Å². The molecule has 0 radical (unpaired) electrons. The summed E-state index contributed by atoms with van der Waals surface area (Å²) in [6.45, 7) is 0.436. The van der Waals surface area contributed by atoms with Crippen molar-refractivity contribution >= 4 is 11.8 Å². The van der Waals surface area contributed by atoms with Crippen LogP contribution < -0.4 is 0 Å². The van der Waals surface area contributed by atoms with Crippen molar-refractivity contribution in [3.05, 3.63) is 0 Å². The van der Waals surface area contributed by atoms with E-state index in [4.69, 9.17) is 9.47 Å². The maximum Gasteiger partial charge on any atom is 0.209 e. The first-order chi connectivity index (χ1) is 8.74. The number of hydrogen-bond acceptors (Lipinski definition) is 7. The Balaban J connectivity index is 1.98. The number of aliphatic hydroxyl groups is 1. The fraction of sp³-hybridized carbons (Fsp3) is 0.900. The third-order valence-electron chi connectivity index (χ3n) is 3.02. The smallest absolute Gasteiger partial charge is 0.209 e. The Morgan fingerprint density at radius 1 is 1.44 bits per heavy atom. The number of ether oxygens (including phenoxy) is 2. The number of thioether (sulfide) groups is 1. The molecule has 102 valence electrons. The van der Waals surface area contributed by atoms with Crippen molar-refractivity contribution in [2.24, 2.45) is 0 Å². The summed E-state index contributed by atoms with van der Waals surface area (Å²) in [4.78, 5) is 0. The van der Waals surface area contributed by atoms with Gasteiger partial charge in [0.05, 0.1) is 12.6 Å². The van der Waals surface area contributed by atoms with E-state index in [-0.39, 0.29) is 17.6 Å². The quantitative estimate of drug-likeness (QED) is 0.747. The SMILES string of the molecule is COC(Cn1nnnc1SC1CCCC1O)OC. The fourth-order valence-corrected chi connectivity index (χ4v) is 3.13. The summed E-state index contributed by atoms with van der Waals surface area (Å²) in [5.41, 5.74) is 0. The molecule has 2 unspecified atom stereocenters. The van der Waals surface area contributed by atoms with E-state index in [2.05, 4.69) is 15.5 Å². The van der Waals surface area contributed by atoms with E-state index >= 15 is 0 Å². The van der Waals surface area contributed by atoms with Crippen LogP contribution in [0.15, 0.2) is 5.16 Å². The third kappa shape index (κ3) is 3.19. The summed E-state index contributed by atoms with van der Waals surface area (Å²) in [6, 6.07) is 0. The lowest BCUT2D eigenvalue weighted by Gasteiger charge is -2.15. The van der Waals surface area contributed by atoms with Gasteiger partial charge < -0.3 is 14.6 Å². The summed E-state index contributed by atoms with van der Waals surface area (Å²) in [6.07, 6.45) is 2.27. The molecule has 0 spiro atoms. The molecule has 1 saturated carbocycles. The molecule has 0 bridgehead atoms. The van der Waals surface area contributed by atoms with Gasteiger partial charge in [-0.15, -0.1) is 5.10 Å². The van der Waals surface area contributed by atoms with Gasteiger partial charge in [-0.1, -0.05) is 11.8 Å². The topological polar surface area (TPSA) is 82.3 Å². The summed E-state index contributed by atoms with van der Waals surface area (Å²) in [5, 5.41) is 22.2. The Kier molecular flexibility index (Phi) is 4.93. The van der Waals surface area contributed by atoms with Crippen molar-refractivity contribution in [3.8, 4) is 0 Å². The molecule has 1 N–H and O–H groups in total. The molecule has 0 aromatic carbocycles. The Morgan fingerprint density at radius 2 is 2.22 bits per heavy atom. The monoisotopic (exact) mass is 274 g/mol. The molecule has 1 heterocycles. The predicted molar refractivity (Wildman–Crippen MR) is 65.1 cm³/mol. The molecule has 7 nitrogen and oxygen atoms in total. The third-order valence-corrected chi connectivity index (χ3v) is 4.38.